The minimum absolute atomic E-state index is 0. The zero-order valence-corrected chi connectivity index (χ0v) is 11.1. The molecule has 2 nitrogen and oxygen atoms in total. The second kappa shape index (κ2) is 5.82. The predicted molar refractivity (Wildman–Crippen MR) is 74.1 cm³/mol. The minimum Gasteiger partial charge on any atom is -0.309 e. The first-order valence-electron chi connectivity index (χ1n) is 5.01. The highest BCUT2D eigenvalue weighted by molar-refractivity contribution is 7.18. The molecule has 1 aliphatic heterocycles. The van der Waals surface area contributed by atoms with E-state index in [4.69, 9.17) is 0 Å². The van der Waals surface area contributed by atoms with Gasteiger partial charge in [-0.2, -0.15) is 0 Å². The van der Waals surface area contributed by atoms with Crippen molar-refractivity contribution in [1.82, 2.24) is 10.3 Å². The van der Waals surface area contributed by atoms with E-state index in [2.05, 4.69) is 22.4 Å². The maximum absolute atomic E-state index is 4.36. The van der Waals surface area contributed by atoms with Crippen molar-refractivity contribution in [2.24, 2.45) is 0 Å². The molecule has 5 heteroatoms. The molecule has 3 heterocycles. The molecule has 0 amide bonds. The van der Waals surface area contributed by atoms with Crippen molar-refractivity contribution in [2.75, 3.05) is 6.54 Å². The summed E-state index contributed by atoms with van der Waals surface area (Å²) >= 11 is 1.82. The molecular weight excluding hydrogens is 263 g/mol. The number of rotatable bonds is 1. The highest BCUT2D eigenvalue weighted by Gasteiger charge is 2.18. The van der Waals surface area contributed by atoms with E-state index in [9.17, 15) is 0 Å². The fourth-order valence-corrected chi connectivity index (χ4v) is 3.10. The number of pyridine rings is 1. The SMILES string of the molecule is Cl.Cl.c1cnc2sc([C@@H]3CCCN3)cc2c1. The fourth-order valence-electron chi connectivity index (χ4n) is 1.99. The number of thiophene rings is 1. The van der Waals surface area contributed by atoms with Gasteiger partial charge in [-0.15, -0.1) is 36.2 Å². The number of hydrogen-bond acceptors (Lipinski definition) is 3. The third kappa shape index (κ3) is 2.48. The normalized spacial score (nSPS) is 19.1. The molecule has 0 unspecified atom stereocenters. The van der Waals surface area contributed by atoms with Crippen molar-refractivity contribution < 1.29 is 0 Å². The molecule has 16 heavy (non-hydrogen) atoms. The summed E-state index contributed by atoms with van der Waals surface area (Å²) in [5.74, 6) is 0. The van der Waals surface area contributed by atoms with E-state index in [-0.39, 0.29) is 24.8 Å². The molecular formula is C11H14Cl2N2S. The van der Waals surface area contributed by atoms with Crippen LogP contribution in [0.25, 0.3) is 10.2 Å². The van der Waals surface area contributed by atoms with Crippen LogP contribution in [0.1, 0.15) is 23.8 Å². The molecule has 1 N–H and O–H groups in total. The van der Waals surface area contributed by atoms with Crippen molar-refractivity contribution in [3.8, 4) is 0 Å². The van der Waals surface area contributed by atoms with Crippen LogP contribution in [-0.2, 0) is 0 Å². The van der Waals surface area contributed by atoms with Gasteiger partial charge in [0, 0.05) is 22.5 Å². The van der Waals surface area contributed by atoms with Crippen LogP contribution in [0.15, 0.2) is 24.4 Å². The van der Waals surface area contributed by atoms with Crippen LogP contribution in [-0.4, -0.2) is 11.5 Å². The van der Waals surface area contributed by atoms with E-state index in [1.54, 1.807) is 0 Å². The highest BCUT2D eigenvalue weighted by Crippen LogP contribution is 2.32. The van der Waals surface area contributed by atoms with Gasteiger partial charge in [-0.3, -0.25) is 0 Å². The van der Waals surface area contributed by atoms with Gasteiger partial charge in [-0.1, -0.05) is 6.07 Å². The van der Waals surface area contributed by atoms with E-state index >= 15 is 0 Å². The summed E-state index contributed by atoms with van der Waals surface area (Å²) in [6.45, 7) is 1.16. The smallest absolute Gasteiger partial charge is 0.123 e. The standard InChI is InChI=1S/C11H12N2S.2ClH/c1-3-8-7-10(9-4-2-5-12-9)14-11(8)13-6-1;;/h1,3,6-7,9,12H,2,4-5H2;2*1H/t9-;;/m0../s1. The number of fused-ring (bicyclic) bond motifs is 1. The number of halogens is 2. The number of nitrogens with one attached hydrogen (secondary N) is 1. The summed E-state index contributed by atoms with van der Waals surface area (Å²) in [5, 5.41) is 4.80. The summed E-state index contributed by atoms with van der Waals surface area (Å²) in [4.78, 5) is 6.97. The Labute approximate surface area is 111 Å². The maximum Gasteiger partial charge on any atom is 0.123 e. The van der Waals surface area contributed by atoms with E-state index < -0.39 is 0 Å². The monoisotopic (exact) mass is 276 g/mol. The molecule has 1 aliphatic rings. The lowest BCUT2D eigenvalue weighted by Crippen LogP contribution is -2.11. The van der Waals surface area contributed by atoms with Gasteiger partial charge in [0.1, 0.15) is 4.83 Å². The topological polar surface area (TPSA) is 24.9 Å². The Hall–Kier alpha value is -0.350. The summed E-state index contributed by atoms with van der Waals surface area (Å²) in [6, 6.07) is 6.99. The third-order valence-electron chi connectivity index (χ3n) is 2.72. The maximum atomic E-state index is 4.36. The molecule has 88 valence electrons. The van der Waals surface area contributed by atoms with Gasteiger partial charge in [-0.05, 0) is 31.5 Å². The molecule has 0 saturated carbocycles. The van der Waals surface area contributed by atoms with Crippen LogP contribution in [0.4, 0.5) is 0 Å². The van der Waals surface area contributed by atoms with Gasteiger partial charge in [0.05, 0.1) is 0 Å². The van der Waals surface area contributed by atoms with Gasteiger partial charge in [0.15, 0.2) is 0 Å². The highest BCUT2D eigenvalue weighted by atomic mass is 35.5. The van der Waals surface area contributed by atoms with Gasteiger partial charge in [-0.25, -0.2) is 4.98 Å². The number of nitrogens with zero attached hydrogens (tertiary/aromatic N) is 1. The molecule has 0 radical (unpaired) electrons. The minimum atomic E-state index is 0. The molecule has 2 aromatic rings. The summed E-state index contributed by atoms with van der Waals surface area (Å²) in [6.07, 6.45) is 4.43. The fraction of sp³-hybridized carbons (Fsp3) is 0.364. The second-order valence-electron chi connectivity index (χ2n) is 3.70. The Kier molecular flexibility index (Phi) is 4.99. The number of hydrogen-bond donors (Lipinski definition) is 1. The molecule has 1 saturated heterocycles. The lowest BCUT2D eigenvalue weighted by atomic mass is 10.2. The van der Waals surface area contributed by atoms with E-state index in [1.165, 1.54) is 23.1 Å². The molecule has 0 aliphatic carbocycles. The molecule has 0 aromatic carbocycles. The predicted octanol–water partition coefficient (Wildman–Crippen LogP) is 3.56. The summed E-state index contributed by atoms with van der Waals surface area (Å²) in [7, 11) is 0. The lowest BCUT2D eigenvalue weighted by molar-refractivity contribution is 0.660. The van der Waals surface area contributed by atoms with Gasteiger partial charge >= 0.3 is 0 Å². The average molecular weight is 277 g/mol. The van der Waals surface area contributed by atoms with Gasteiger partial charge in [0.25, 0.3) is 0 Å². The van der Waals surface area contributed by atoms with Crippen molar-refractivity contribution in [3.63, 3.8) is 0 Å². The Bertz CT molecular complexity index is 419. The Morgan fingerprint density at radius 2 is 2.25 bits per heavy atom. The molecule has 2 aromatic heterocycles. The first kappa shape index (κ1) is 13.7. The van der Waals surface area contributed by atoms with Crippen LogP contribution >= 0.6 is 36.2 Å². The van der Waals surface area contributed by atoms with Crippen LogP contribution in [0.3, 0.4) is 0 Å². The molecule has 0 bridgehead atoms. The van der Waals surface area contributed by atoms with Crippen LogP contribution in [0.5, 0.6) is 0 Å². The Balaban J connectivity index is 0.000000640. The van der Waals surface area contributed by atoms with Crippen molar-refractivity contribution >= 4 is 46.4 Å². The number of aromatic nitrogens is 1. The van der Waals surface area contributed by atoms with Crippen molar-refractivity contribution in [1.29, 1.82) is 0 Å². The van der Waals surface area contributed by atoms with E-state index in [0.29, 0.717) is 6.04 Å². The van der Waals surface area contributed by atoms with Crippen LogP contribution in [0.2, 0.25) is 0 Å². The zero-order valence-electron chi connectivity index (χ0n) is 8.68. The summed E-state index contributed by atoms with van der Waals surface area (Å²) in [5.41, 5.74) is 0. The second-order valence-corrected chi connectivity index (χ2v) is 4.76. The lowest BCUT2D eigenvalue weighted by Gasteiger charge is -2.05. The van der Waals surface area contributed by atoms with Crippen molar-refractivity contribution in [2.45, 2.75) is 18.9 Å². The van der Waals surface area contributed by atoms with E-state index in [1.807, 2.05) is 23.6 Å². The van der Waals surface area contributed by atoms with Crippen molar-refractivity contribution in [3.05, 3.63) is 29.3 Å². The van der Waals surface area contributed by atoms with E-state index in [0.717, 1.165) is 11.4 Å². The first-order chi connectivity index (χ1) is 6.93. The molecule has 1 atom stereocenters. The quantitative estimate of drug-likeness (QED) is 0.862. The average Bonchev–Trinajstić information content (AvgIpc) is 2.86. The molecule has 1 fully saturated rings. The Morgan fingerprint density at radius 3 is 2.94 bits per heavy atom. The van der Waals surface area contributed by atoms with Crippen LogP contribution in [0, 0.1) is 0 Å². The van der Waals surface area contributed by atoms with Gasteiger partial charge in [0.2, 0.25) is 0 Å². The van der Waals surface area contributed by atoms with Gasteiger partial charge < -0.3 is 5.32 Å². The van der Waals surface area contributed by atoms with Crippen LogP contribution < -0.4 is 5.32 Å². The summed E-state index contributed by atoms with van der Waals surface area (Å²) < 4.78 is 0. The first-order valence-corrected chi connectivity index (χ1v) is 5.83. The zero-order chi connectivity index (χ0) is 9.38. The molecule has 3 rings (SSSR count). The Morgan fingerprint density at radius 1 is 1.38 bits per heavy atom. The molecule has 0 spiro atoms. The largest absolute Gasteiger partial charge is 0.309 e. The third-order valence-corrected chi connectivity index (χ3v) is 3.89.